The average molecular weight is 1300 g/mol. The molecule has 0 aliphatic carbocycles. The summed E-state index contributed by atoms with van der Waals surface area (Å²) in [6.45, 7) is 13.6. The first kappa shape index (κ1) is 85.1. The van der Waals surface area contributed by atoms with Gasteiger partial charge in [0.1, 0.15) is 0 Å². The van der Waals surface area contributed by atoms with Crippen LogP contribution < -0.4 is 0 Å². The minimum Gasteiger partial charge on any atom is -0.0654 e. The van der Waals surface area contributed by atoms with E-state index in [1.54, 1.807) is 0 Å². The summed E-state index contributed by atoms with van der Waals surface area (Å²) >= 11 is 2.05. The molecule has 0 N–H and O–H groups in total. The van der Waals surface area contributed by atoms with E-state index < -0.39 is 0 Å². The van der Waals surface area contributed by atoms with Crippen LogP contribution in [0.5, 0.6) is 0 Å². The number of nitrogens with zero attached hydrogens (tertiary/aromatic N) is 2. The molecule has 3 heteroatoms. The van der Waals surface area contributed by atoms with Gasteiger partial charge >= 0.3 is 166 Å². The molecule has 1 aliphatic rings. The molecule has 0 fully saturated rings. The van der Waals surface area contributed by atoms with E-state index in [1.807, 2.05) is 0 Å². The van der Waals surface area contributed by atoms with Crippen LogP contribution in [0.1, 0.15) is 462 Å². The molecule has 2 aromatic carbocycles. The molecule has 2 nitrogen and oxygen atoms in total. The van der Waals surface area contributed by atoms with Crippen LogP contribution in [-0.4, -0.2) is 4.70 Å². The second-order valence-corrected chi connectivity index (χ2v) is 30.3. The molecule has 3 rings (SSSR count). The van der Waals surface area contributed by atoms with E-state index in [9.17, 15) is 5.53 Å². The van der Waals surface area contributed by atoms with Crippen LogP contribution in [-0.2, 0) is 27.3 Å². The summed E-state index contributed by atoms with van der Waals surface area (Å²) < 4.78 is 1.53. The van der Waals surface area contributed by atoms with Gasteiger partial charge in [0.05, 0.1) is 0 Å². The smallest absolute Gasteiger partial charge is 0.0654 e. The quantitative estimate of drug-likeness (QED) is 0.0358. The Morgan fingerprint density at radius 2 is 0.418 bits per heavy atom. The minimum atomic E-state index is 1.00. The van der Waals surface area contributed by atoms with Crippen molar-refractivity contribution in [3.63, 3.8) is 0 Å². The van der Waals surface area contributed by atoms with Crippen molar-refractivity contribution in [2.75, 3.05) is 0 Å². The first-order valence-electron chi connectivity index (χ1n) is 41.6. The third-order valence-corrected chi connectivity index (χ3v) is 21.7. The molecular formula is C88H158N2Ni. The van der Waals surface area contributed by atoms with Crippen molar-refractivity contribution in [2.45, 2.75) is 463 Å². The molecule has 0 atom stereocenters. The standard InChI is InChI=1S/C40H60N2.2C24H49.Ni/c1-5-9-11-12-13-14-15-16-17-18-19-20-21-22-24-38-37(23-10-6-2)39(35-29-25-33(7-3)26-30-35)42(41)40(38)36-31-27-34(8-4)28-32-36;2*1-3-5-7-9-11-13-15-17-19-21-23-24-22-20-18-16-14-12-10-8-6-4-2;/h25-32H,5-24H2,1-4H3;2*1,3-24H2,2H3;. The van der Waals surface area contributed by atoms with Crippen molar-refractivity contribution in [2.24, 2.45) is 0 Å². The van der Waals surface area contributed by atoms with Crippen LogP contribution in [0.3, 0.4) is 0 Å². The number of aryl methyl sites for hydroxylation is 2. The minimum absolute atomic E-state index is 1.00. The number of rotatable bonds is 68. The van der Waals surface area contributed by atoms with E-state index in [-0.39, 0.29) is 0 Å². The third-order valence-electron chi connectivity index (χ3n) is 20.3. The molecule has 1 heterocycles. The average Bonchev–Trinajstić information content (AvgIpc) is 1.67. The first-order valence-corrected chi connectivity index (χ1v) is 43.0. The van der Waals surface area contributed by atoms with Crippen LogP contribution in [0.15, 0.2) is 59.7 Å². The van der Waals surface area contributed by atoms with Gasteiger partial charge in [0.2, 0.25) is 11.4 Å². The molecule has 0 amide bonds. The Hall–Kier alpha value is -1.99. The fraction of sp³-hybridized carbons (Fsp3) is 0.818. The summed E-state index contributed by atoms with van der Waals surface area (Å²) in [7, 11) is 0. The predicted molar refractivity (Wildman–Crippen MR) is 408 cm³/mol. The molecule has 0 saturated heterocycles. The van der Waals surface area contributed by atoms with Crippen LogP contribution >= 0.6 is 0 Å². The van der Waals surface area contributed by atoms with Crippen LogP contribution in [0.25, 0.3) is 16.9 Å². The summed E-state index contributed by atoms with van der Waals surface area (Å²) in [5.41, 5.74) is 21.4. The number of hydrogen-bond acceptors (Lipinski definition) is 0. The van der Waals surface area contributed by atoms with Gasteiger partial charge in [-0.15, -0.1) is 0 Å². The van der Waals surface area contributed by atoms with Crippen molar-refractivity contribution in [3.8, 4) is 0 Å². The third kappa shape index (κ3) is 48.4. The van der Waals surface area contributed by atoms with E-state index in [2.05, 4.69) is 105 Å². The molecule has 1 aliphatic heterocycles. The number of benzene rings is 2. The van der Waals surface area contributed by atoms with Gasteiger partial charge in [-0.05, 0) is 73.9 Å². The number of allylic oxidation sites excluding steroid dienone is 2. The molecule has 0 saturated carbocycles. The topological polar surface area (TPSA) is 25.3 Å². The summed E-state index contributed by atoms with van der Waals surface area (Å²) in [5, 5.41) is 2.87. The van der Waals surface area contributed by atoms with Crippen LogP contribution in [0.4, 0.5) is 0 Å². The summed E-state index contributed by atoms with van der Waals surface area (Å²) in [6, 6.07) is 17.7. The number of hydrogen-bond donors (Lipinski definition) is 0. The van der Waals surface area contributed by atoms with E-state index >= 15 is 0 Å². The van der Waals surface area contributed by atoms with Crippen LogP contribution in [0, 0.1) is 0 Å². The molecule has 0 bridgehead atoms. The van der Waals surface area contributed by atoms with Crippen molar-refractivity contribution in [3.05, 3.63) is 87.5 Å². The van der Waals surface area contributed by atoms with Crippen molar-refractivity contribution < 1.29 is 19.1 Å². The summed E-state index contributed by atoms with van der Waals surface area (Å²) in [5.74, 6) is 0. The SMILES string of the molecule is CCCCCCCCCCCCCCCCC1=C(c2ccc(CC)cc2)[N+](=[N-])C(c2ccc(CC)cc2)=C1CCCC.CCCCCCCCCCCCCCCCCCCCCCC[CH2][Ni][CH2]CCCCCCCCCCCCCCCCCCCCCCC. The van der Waals surface area contributed by atoms with Gasteiger partial charge in [0.15, 0.2) is 0 Å². The Balaban J connectivity index is 0.000000626. The second kappa shape index (κ2) is 66.6. The summed E-state index contributed by atoms with van der Waals surface area (Å²) in [4.78, 5) is 0. The van der Waals surface area contributed by atoms with Crippen LogP contribution in [0.2, 0.25) is 10.8 Å². The Kier molecular flexibility index (Phi) is 62.3. The Morgan fingerprint density at radius 3 is 0.626 bits per heavy atom. The molecular weight excluding hydrogens is 1140 g/mol. The molecule has 2 aromatic rings. The maximum atomic E-state index is 11.8. The molecule has 0 spiro atoms. The second-order valence-electron chi connectivity index (χ2n) is 28.8. The van der Waals surface area contributed by atoms with E-state index in [0.29, 0.717) is 0 Å². The van der Waals surface area contributed by atoms with Gasteiger partial charge in [-0.25, -0.2) is 4.70 Å². The molecule has 91 heavy (non-hydrogen) atoms. The fourth-order valence-electron chi connectivity index (χ4n) is 14.0. The van der Waals surface area contributed by atoms with Gasteiger partial charge in [-0.1, -0.05) is 297 Å². The predicted octanol–water partition coefficient (Wildman–Crippen LogP) is 32.2. The van der Waals surface area contributed by atoms with Crippen molar-refractivity contribution in [1.29, 1.82) is 0 Å². The van der Waals surface area contributed by atoms with Gasteiger partial charge in [-0.2, -0.15) is 0 Å². The van der Waals surface area contributed by atoms with Gasteiger partial charge in [0, 0.05) is 22.3 Å². The zero-order valence-electron chi connectivity index (χ0n) is 62.5. The molecule has 0 unspecified atom stereocenters. The molecule has 0 aromatic heterocycles. The first-order chi connectivity index (χ1) is 45.1. The van der Waals surface area contributed by atoms with E-state index in [1.165, 1.54) is 410 Å². The zero-order valence-corrected chi connectivity index (χ0v) is 63.5. The maximum absolute atomic E-state index is 11.8. The number of unbranched alkanes of at least 4 members (excludes halogenated alkanes) is 56. The van der Waals surface area contributed by atoms with Gasteiger partial charge in [0.25, 0.3) is 0 Å². The summed E-state index contributed by atoms with van der Waals surface area (Å²) in [6.07, 6.45) is 90.9. The van der Waals surface area contributed by atoms with E-state index in [0.717, 1.165) is 61.0 Å². The molecule has 530 valence electrons. The van der Waals surface area contributed by atoms with Gasteiger partial charge < -0.3 is 5.53 Å². The normalized spacial score (nSPS) is 12.6. The van der Waals surface area contributed by atoms with Crippen molar-refractivity contribution >= 4 is 11.4 Å². The Labute approximate surface area is 577 Å². The Morgan fingerprint density at radius 1 is 0.231 bits per heavy atom. The van der Waals surface area contributed by atoms with Gasteiger partial charge in [-0.3, -0.25) is 0 Å². The Bertz CT molecular complexity index is 1860. The van der Waals surface area contributed by atoms with Crippen molar-refractivity contribution in [1.82, 2.24) is 0 Å². The monoisotopic (exact) mass is 1300 g/mol. The van der Waals surface area contributed by atoms with E-state index in [4.69, 9.17) is 0 Å². The zero-order chi connectivity index (χ0) is 65.2. The molecule has 0 radical (unpaired) electrons. The fourth-order valence-corrected chi connectivity index (χ4v) is 15.3.